The summed E-state index contributed by atoms with van der Waals surface area (Å²) in [6.45, 7) is 2.22. The van der Waals surface area contributed by atoms with Gasteiger partial charge in [-0.05, 0) is 75.0 Å². The molecule has 0 aromatic rings. The van der Waals surface area contributed by atoms with Gasteiger partial charge in [-0.3, -0.25) is 0 Å². The van der Waals surface area contributed by atoms with Crippen LogP contribution in [0.15, 0.2) is 12.2 Å². The summed E-state index contributed by atoms with van der Waals surface area (Å²) in [7, 11) is 0. The van der Waals surface area contributed by atoms with Gasteiger partial charge in [0, 0.05) is 6.08 Å². The standard InChI is InChI=1S/C25H44O5/c1-2-3-4-9-15-25(16-10-17-25)23(28)14-13-20-19(21(26)18-22(20)27)11-7-5-6-8-12-24(29)30/h8,12,19-23,26-28H,2-7,9-11,13-18H2,1H3,(H,29,30)/t19-,20-,21+,22-,23?/m1/s1. The zero-order valence-electron chi connectivity index (χ0n) is 18.8. The average Bonchev–Trinajstić information content (AvgIpc) is 2.93. The first-order chi connectivity index (χ1) is 14.4. The van der Waals surface area contributed by atoms with E-state index < -0.39 is 18.2 Å². The zero-order valence-corrected chi connectivity index (χ0v) is 18.8. The molecule has 30 heavy (non-hydrogen) atoms. The molecule has 1 unspecified atom stereocenters. The van der Waals surface area contributed by atoms with Gasteiger partial charge in [0.1, 0.15) is 0 Å². The predicted molar refractivity (Wildman–Crippen MR) is 119 cm³/mol. The number of aliphatic hydroxyl groups excluding tert-OH is 3. The number of carbonyl (C=O) groups is 1. The fourth-order valence-electron chi connectivity index (χ4n) is 5.75. The lowest BCUT2D eigenvalue weighted by atomic mass is 9.61. The molecule has 0 amide bonds. The van der Waals surface area contributed by atoms with Gasteiger partial charge in [-0.2, -0.15) is 0 Å². The van der Waals surface area contributed by atoms with Gasteiger partial charge in [-0.15, -0.1) is 0 Å². The predicted octanol–water partition coefficient (Wildman–Crippen LogP) is 4.83. The molecule has 5 heteroatoms. The van der Waals surface area contributed by atoms with Crippen LogP contribution in [-0.4, -0.2) is 44.7 Å². The van der Waals surface area contributed by atoms with Gasteiger partial charge in [0.2, 0.25) is 0 Å². The molecule has 0 saturated heterocycles. The van der Waals surface area contributed by atoms with E-state index >= 15 is 0 Å². The molecule has 174 valence electrons. The van der Waals surface area contributed by atoms with Crippen LogP contribution in [0.25, 0.3) is 0 Å². The Balaban J connectivity index is 1.78. The van der Waals surface area contributed by atoms with Crippen LogP contribution in [0.4, 0.5) is 0 Å². The summed E-state index contributed by atoms with van der Waals surface area (Å²) in [6.07, 6.45) is 16.5. The number of allylic oxidation sites excluding steroid dienone is 1. The first-order valence-corrected chi connectivity index (χ1v) is 12.3. The molecule has 2 rings (SSSR count). The molecule has 2 fully saturated rings. The lowest BCUT2D eigenvalue weighted by Crippen LogP contribution is -2.42. The Bertz CT molecular complexity index is 528. The highest BCUT2D eigenvalue weighted by Gasteiger charge is 2.45. The number of carboxylic acid groups (broad SMARTS) is 1. The maximum absolute atomic E-state index is 11.0. The topological polar surface area (TPSA) is 98.0 Å². The summed E-state index contributed by atoms with van der Waals surface area (Å²) in [5.41, 5.74) is 0.0991. The van der Waals surface area contributed by atoms with Crippen LogP contribution < -0.4 is 0 Å². The quantitative estimate of drug-likeness (QED) is 0.223. The van der Waals surface area contributed by atoms with Crippen molar-refractivity contribution in [3.63, 3.8) is 0 Å². The number of hydrogen-bond acceptors (Lipinski definition) is 4. The molecule has 0 heterocycles. The van der Waals surface area contributed by atoms with E-state index in [0.717, 1.165) is 57.8 Å². The van der Waals surface area contributed by atoms with Crippen LogP contribution >= 0.6 is 0 Å². The molecule has 0 radical (unpaired) electrons. The van der Waals surface area contributed by atoms with Gasteiger partial charge in [0.15, 0.2) is 0 Å². The number of hydrogen-bond donors (Lipinski definition) is 4. The van der Waals surface area contributed by atoms with Crippen molar-refractivity contribution in [2.24, 2.45) is 17.3 Å². The van der Waals surface area contributed by atoms with E-state index in [2.05, 4.69) is 6.92 Å². The number of aliphatic carboxylic acids is 1. The van der Waals surface area contributed by atoms with E-state index in [1.165, 1.54) is 38.2 Å². The lowest BCUT2D eigenvalue weighted by molar-refractivity contribution is -0.131. The Morgan fingerprint density at radius 1 is 1.03 bits per heavy atom. The Labute approximate surface area is 182 Å². The van der Waals surface area contributed by atoms with E-state index in [1.807, 2.05) is 0 Å². The number of carboxylic acids is 1. The second kappa shape index (κ2) is 12.8. The molecular weight excluding hydrogens is 380 g/mol. The third-order valence-corrected chi connectivity index (χ3v) is 7.80. The average molecular weight is 425 g/mol. The van der Waals surface area contributed by atoms with Gasteiger partial charge >= 0.3 is 5.97 Å². The van der Waals surface area contributed by atoms with Gasteiger partial charge in [0.05, 0.1) is 18.3 Å². The summed E-state index contributed by atoms with van der Waals surface area (Å²) in [6, 6.07) is 0. The highest BCUT2D eigenvalue weighted by molar-refractivity contribution is 5.79. The molecule has 0 aromatic carbocycles. The fraction of sp³-hybridized carbons (Fsp3) is 0.880. The van der Waals surface area contributed by atoms with E-state index in [0.29, 0.717) is 6.42 Å². The minimum atomic E-state index is -0.919. The van der Waals surface area contributed by atoms with Gasteiger partial charge in [-0.25, -0.2) is 4.79 Å². The van der Waals surface area contributed by atoms with Gasteiger partial charge < -0.3 is 20.4 Å². The number of aliphatic hydroxyl groups is 3. The second-order valence-corrected chi connectivity index (χ2v) is 9.84. The van der Waals surface area contributed by atoms with Crippen LogP contribution in [0.2, 0.25) is 0 Å². The smallest absolute Gasteiger partial charge is 0.327 e. The third kappa shape index (κ3) is 7.35. The summed E-state index contributed by atoms with van der Waals surface area (Å²) in [4.78, 5) is 10.5. The summed E-state index contributed by atoms with van der Waals surface area (Å²) < 4.78 is 0. The summed E-state index contributed by atoms with van der Waals surface area (Å²) in [5.74, 6) is -0.781. The van der Waals surface area contributed by atoms with Gasteiger partial charge in [-0.1, -0.05) is 51.5 Å². The van der Waals surface area contributed by atoms with Crippen molar-refractivity contribution in [3.8, 4) is 0 Å². The van der Waals surface area contributed by atoms with Crippen LogP contribution in [0.3, 0.4) is 0 Å². The first-order valence-electron chi connectivity index (χ1n) is 12.3. The molecule has 0 bridgehead atoms. The Morgan fingerprint density at radius 2 is 1.73 bits per heavy atom. The van der Waals surface area contributed by atoms with Crippen molar-refractivity contribution in [3.05, 3.63) is 12.2 Å². The lowest BCUT2D eigenvalue weighted by Gasteiger charge is -2.46. The van der Waals surface area contributed by atoms with E-state index in [4.69, 9.17) is 5.11 Å². The van der Waals surface area contributed by atoms with Crippen molar-refractivity contribution < 1.29 is 25.2 Å². The highest BCUT2D eigenvalue weighted by atomic mass is 16.4. The molecular formula is C25H44O5. The highest BCUT2D eigenvalue weighted by Crippen LogP contribution is 2.50. The number of unbranched alkanes of at least 4 members (excludes halogenated alkanes) is 5. The maximum atomic E-state index is 11.0. The molecule has 0 aliphatic heterocycles. The Kier molecular flexibility index (Phi) is 10.8. The first kappa shape index (κ1) is 25.4. The van der Waals surface area contributed by atoms with Crippen LogP contribution in [0, 0.1) is 17.3 Å². The molecule has 4 N–H and O–H groups in total. The fourth-order valence-corrected chi connectivity index (χ4v) is 5.75. The molecule has 5 atom stereocenters. The molecule has 2 aliphatic rings. The van der Waals surface area contributed by atoms with Crippen LogP contribution in [0.5, 0.6) is 0 Å². The third-order valence-electron chi connectivity index (χ3n) is 7.80. The Hall–Kier alpha value is -0.910. The van der Waals surface area contributed by atoms with E-state index in [1.54, 1.807) is 6.08 Å². The van der Waals surface area contributed by atoms with Crippen molar-refractivity contribution in [1.82, 2.24) is 0 Å². The molecule has 0 aromatic heterocycles. The van der Waals surface area contributed by atoms with Crippen molar-refractivity contribution >= 4 is 5.97 Å². The largest absolute Gasteiger partial charge is 0.478 e. The molecule has 2 saturated carbocycles. The van der Waals surface area contributed by atoms with Crippen LogP contribution in [-0.2, 0) is 4.79 Å². The molecule has 5 nitrogen and oxygen atoms in total. The maximum Gasteiger partial charge on any atom is 0.327 e. The van der Waals surface area contributed by atoms with Crippen molar-refractivity contribution in [1.29, 1.82) is 0 Å². The zero-order chi connectivity index (χ0) is 22.0. The monoisotopic (exact) mass is 424 g/mol. The minimum absolute atomic E-state index is 0.0569. The van der Waals surface area contributed by atoms with Crippen molar-refractivity contribution in [2.75, 3.05) is 0 Å². The second-order valence-electron chi connectivity index (χ2n) is 9.84. The SMILES string of the molecule is CCCCCCC1(C(O)CC[C@@H]2[C@@H](CCCCC=CC(=O)O)[C@@H](O)C[C@H]2O)CCC1. The van der Waals surface area contributed by atoms with Crippen LogP contribution in [0.1, 0.15) is 103 Å². The molecule has 2 aliphatic carbocycles. The Morgan fingerprint density at radius 3 is 2.33 bits per heavy atom. The summed E-state index contributed by atoms with van der Waals surface area (Å²) in [5, 5.41) is 40.6. The normalized spacial score (nSPS) is 29.2. The minimum Gasteiger partial charge on any atom is -0.478 e. The van der Waals surface area contributed by atoms with E-state index in [9.17, 15) is 20.1 Å². The van der Waals surface area contributed by atoms with E-state index in [-0.39, 0.29) is 23.4 Å². The summed E-state index contributed by atoms with van der Waals surface area (Å²) >= 11 is 0. The van der Waals surface area contributed by atoms with Gasteiger partial charge in [0.25, 0.3) is 0 Å². The molecule has 0 spiro atoms. The van der Waals surface area contributed by atoms with Crippen molar-refractivity contribution in [2.45, 2.75) is 122 Å². The number of rotatable bonds is 15.